The van der Waals surface area contributed by atoms with Gasteiger partial charge in [0.25, 0.3) is 0 Å². The molecule has 1 amide bonds. The molecule has 106 valence electrons. The molecule has 0 saturated heterocycles. The molecule has 0 aromatic rings. The summed E-state index contributed by atoms with van der Waals surface area (Å²) in [6.07, 6.45) is 3.76. The van der Waals surface area contributed by atoms with E-state index in [2.05, 4.69) is 19.2 Å². The lowest BCUT2D eigenvalue weighted by molar-refractivity contribution is -0.138. The molecule has 0 aromatic heterocycles. The molecule has 0 bridgehead atoms. The standard InChI is InChI=1S/C14H27NO3/c1-5-7-8-10(3)11(4)12(9-14(17)18)15-13(16)6-2/h10-12H,5-9H2,1-4H3,(H,15,16)(H,17,18). The van der Waals surface area contributed by atoms with E-state index in [0.717, 1.165) is 19.3 Å². The van der Waals surface area contributed by atoms with Crippen LogP contribution in [0.25, 0.3) is 0 Å². The topological polar surface area (TPSA) is 66.4 Å². The smallest absolute Gasteiger partial charge is 0.305 e. The maximum Gasteiger partial charge on any atom is 0.305 e. The lowest BCUT2D eigenvalue weighted by atomic mass is 9.84. The van der Waals surface area contributed by atoms with Gasteiger partial charge in [0.2, 0.25) is 5.91 Å². The second kappa shape index (κ2) is 8.95. The van der Waals surface area contributed by atoms with E-state index in [9.17, 15) is 9.59 Å². The normalized spacial score (nSPS) is 15.8. The minimum absolute atomic E-state index is 0.00334. The third-order valence-electron chi connectivity index (χ3n) is 3.61. The van der Waals surface area contributed by atoms with Gasteiger partial charge in [-0.2, -0.15) is 0 Å². The molecule has 0 aromatic carbocycles. The molecule has 0 spiro atoms. The van der Waals surface area contributed by atoms with E-state index < -0.39 is 5.97 Å². The van der Waals surface area contributed by atoms with Gasteiger partial charge in [-0.1, -0.05) is 47.0 Å². The first-order chi connectivity index (χ1) is 8.42. The van der Waals surface area contributed by atoms with Gasteiger partial charge < -0.3 is 10.4 Å². The quantitative estimate of drug-likeness (QED) is 0.667. The number of rotatable bonds is 9. The lowest BCUT2D eigenvalue weighted by Gasteiger charge is -2.28. The van der Waals surface area contributed by atoms with Crippen LogP contribution in [0.4, 0.5) is 0 Å². The fraction of sp³-hybridized carbons (Fsp3) is 0.857. The van der Waals surface area contributed by atoms with E-state index in [-0.39, 0.29) is 24.3 Å². The number of aliphatic carboxylic acids is 1. The van der Waals surface area contributed by atoms with E-state index in [1.54, 1.807) is 6.92 Å². The summed E-state index contributed by atoms with van der Waals surface area (Å²) in [6, 6.07) is -0.262. The Bertz CT molecular complexity index is 266. The van der Waals surface area contributed by atoms with E-state index >= 15 is 0 Å². The summed E-state index contributed by atoms with van der Waals surface area (Å²) >= 11 is 0. The van der Waals surface area contributed by atoms with Gasteiger partial charge in [-0.15, -0.1) is 0 Å². The van der Waals surface area contributed by atoms with Gasteiger partial charge in [0.05, 0.1) is 6.42 Å². The highest BCUT2D eigenvalue weighted by Gasteiger charge is 2.25. The Balaban J connectivity index is 4.51. The van der Waals surface area contributed by atoms with Crippen molar-refractivity contribution in [3.63, 3.8) is 0 Å². The molecule has 2 N–H and O–H groups in total. The van der Waals surface area contributed by atoms with Crippen molar-refractivity contribution >= 4 is 11.9 Å². The molecule has 4 heteroatoms. The number of amides is 1. The average molecular weight is 257 g/mol. The highest BCUT2D eigenvalue weighted by molar-refractivity contribution is 5.77. The first kappa shape index (κ1) is 16.9. The highest BCUT2D eigenvalue weighted by Crippen LogP contribution is 2.23. The van der Waals surface area contributed by atoms with Gasteiger partial charge in [-0.3, -0.25) is 9.59 Å². The summed E-state index contributed by atoms with van der Waals surface area (Å²) in [5.74, 6) is -0.323. The summed E-state index contributed by atoms with van der Waals surface area (Å²) in [6.45, 7) is 8.08. The molecule has 3 atom stereocenters. The predicted molar refractivity (Wildman–Crippen MR) is 72.3 cm³/mol. The molecular formula is C14H27NO3. The number of carbonyl (C=O) groups excluding carboxylic acids is 1. The van der Waals surface area contributed by atoms with Gasteiger partial charge in [0, 0.05) is 12.5 Å². The summed E-state index contributed by atoms with van der Waals surface area (Å²) in [4.78, 5) is 22.3. The monoisotopic (exact) mass is 257 g/mol. The number of hydrogen-bond acceptors (Lipinski definition) is 2. The van der Waals surface area contributed by atoms with Crippen molar-refractivity contribution in [2.24, 2.45) is 11.8 Å². The van der Waals surface area contributed by atoms with Crippen LogP contribution < -0.4 is 5.32 Å². The molecule has 18 heavy (non-hydrogen) atoms. The van der Waals surface area contributed by atoms with E-state index in [0.29, 0.717) is 12.3 Å². The van der Waals surface area contributed by atoms with E-state index in [4.69, 9.17) is 5.11 Å². The fourth-order valence-electron chi connectivity index (χ4n) is 2.05. The van der Waals surface area contributed by atoms with Crippen molar-refractivity contribution in [3.05, 3.63) is 0 Å². The number of hydrogen-bond donors (Lipinski definition) is 2. The van der Waals surface area contributed by atoms with Gasteiger partial charge in [-0.05, 0) is 11.8 Å². The summed E-state index contributed by atoms with van der Waals surface area (Å²) in [5.41, 5.74) is 0. The summed E-state index contributed by atoms with van der Waals surface area (Å²) in [5, 5.41) is 11.8. The van der Waals surface area contributed by atoms with E-state index in [1.807, 2.05) is 6.92 Å². The molecule has 0 aliphatic carbocycles. The Kier molecular flexibility index (Phi) is 8.42. The Morgan fingerprint density at radius 3 is 2.28 bits per heavy atom. The van der Waals surface area contributed by atoms with Crippen LogP contribution >= 0.6 is 0 Å². The first-order valence-corrected chi connectivity index (χ1v) is 6.93. The van der Waals surface area contributed by atoms with Crippen LogP contribution in [-0.2, 0) is 9.59 Å². The number of nitrogens with one attached hydrogen (secondary N) is 1. The van der Waals surface area contributed by atoms with Crippen LogP contribution in [0, 0.1) is 11.8 Å². The van der Waals surface area contributed by atoms with Gasteiger partial charge in [0.15, 0.2) is 0 Å². The Hall–Kier alpha value is -1.06. The highest BCUT2D eigenvalue weighted by atomic mass is 16.4. The average Bonchev–Trinajstić information content (AvgIpc) is 2.33. The molecule has 3 unspecified atom stereocenters. The van der Waals surface area contributed by atoms with Crippen LogP contribution in [0.1, 0.15) is 59.8 Å². The van der Waals surface area contributed by atoms with Crippen molar-refractivity contribution in [1.82, 2.24) is 5.32 Å². The van der Waals surface area contributed by atoms with Crippen molar-refractivity contribution in [3.8, 4) is 0 Å². The first-order valence-electron chi connectivity index (χ1n) is 6.93. The SMILES string of the molecule is CCCCC(C)C(C)C(CC(=O)O)NC(=O)CC. The summed E-state index contributed by atoms with van der Waals surface area (Å²) < 4.78 is 0. The van der Waals surface area contributed by atoms with Crippen LogP contribution in [0.2, 0.25) is 0 Å². The van der Waals surface area contributed by atoms with Crippen molar-refractivity contribution in [2.45, 2.75) is 65.8 Å². The predicted octanol–water partition coefficient (Wildman–Crippen LogP) is 2.82. The maximum atomic E-state index is 11.4. The molecular weight excluding hydrogens is 230 g/mol. The molecule has 0 aliphatic rings. The van der Waals surface area contributed by atoms with Crippen molar-refractivity contribution in [2.75, 3.05) is 0 Å². The number of unbranched alkanes of at least 4 members (excludes halogenated alkanes) is 1. The fourth-order valence-corrected chi connectivity index (χ4v) is 2.05. The second-order valence-corrected chi connectivity index (χ2v) is 5.10. The zero-order valence-electron chi connectivity index (χ0n) is 12.0. The van der Waals surface area contributed by atoms with Gasteiger partial charge >= 0.3 is 5.97 Å². The van der Waals surface area contributed by atoms with Crippen LogP contribution in [0.3, 0.4) is 0 Å². The zero-order valence-corrected chi connectivity index (χ0v) is 12.0. The Morgan fingerprint density at radius 2 is 1.83 bits per heavy atom. The van der Waals surface area contributed by atoms with Crippen molar-refractivity contribution < 1.29 is 14.7 Å². The Morgan fingerprint density at radius 1 is 1.22 bits per heavy atom. The third-order valence-corrected chi connectivity index (χ3v) is 3.61. The van der Waals surface area contributed by atoms with Crippen molar-refractivity contribution in [1.29, 1.82) is 0 Å². The zero-order chi connectivity index (χ0) is 14.1. The molecule has 0 radical (unpaired) electrons. The number of carboxylic acids is 1. The minimum atomic E-state index is -0.856. The molecule has 0 heterocycles. The minimum Gasteiger partial charge on any atom is -0.481 e. The van der Waals surface area contributed by atoms with Crippen LogP contribution in [0.15, 0.2) is 0 Å². The number of carbonyl (C=O) groups is 2. The molecule has 0 fully saturated rings. The molecule has 0 saturated carbocycles. The van der Waals surface area contributed by atoms with E-state index in [1.165, 1.54) is 0 Å². The van der Waals surface area contributed by atoms with Crippen LogP contribution in [-0.4, -0.2) is 23.0 Å². The van der Waals surface area contributed by atoms with Crippen LogP contribution in [0.5, 0.6) is 0 Å². The third kappa shape index (κ3) is 6.62. The van der Waals surface area contributed by atoms with Gasteiger partial charge in [-0.25, -0.2) is 0 Å². The Labute approximate surface area is 110 Å². The maximum absolute atomic E-state index is 11.4. The molecule has 0 rings (SSSR count). The number of carboxylic acid groups (broad SMARTS) is 1. The largest absolute Gasteiger partial charge is 0.481 e. The molecule has 4 nitrogen and oxygen atoms in total. The molecule has 0 aliphatic heterocycles. The lowest BCUT2D eigenvalue weighted by Crippen LogP contribution is -2.42. The van der Waals surface area contributed by atoms with Gasteiger partial charge in [0.1, 0.15) is 0 Å². The summed E-state index contributed by atoms with van der Waals surface area (Å²) in [7, 11) is 0. The second-order valence-electron chi connectivity index (χ2n) is 5.10.